The van der Waals surface area contributed by atoms with E-state index in [4.69, 9.17) is 0 Å². The van der Waals surface area contributed by atoms with E-state index in [1.54, 1.807) is 0 Å². The molecule has 0 aromatic heterocycles. The molecule has 2 N–H and O–H groups in total. The van der Waals surface area contributed by atoms with Crippen LogP contribution < -0.4 is 5.32 Å². The van der Waals surface area contributed by atoms with Crippen molar-refractivity contribution in [3.63, 3.8) is 0 Å². The van der Waals surface area contributed by atoms with Crippen molar-refractivity contribution >= 4 is 5.69 Å². The Hall–Kier alpha value is -1.02. The van der Waals surface area contributed by atoms with E-state index in [-0.39, 0.29) is 11.6 Å². The number of aliphatic hydroxyl groups is 1. The van der Waals surface area contributed by atoms with Gasteiger partial charge in [-0.2, -0.15) is 0 Å². The Balaban J connectivity index is 2.10. The molecule has 2 nitrogen and oxygen atoms in total. The van der Waals surface area contributed by atoms with Gasteiger partial charge >= 0.3 is 0 Å². The van der Waals surface area contributed by atoms with Gasteiger partial charge in [0.25, 0.3) is 0 Å². The van der Waals surface area contributed by atoms with E-state index < -0.39 is 0 Å². The van der Waals surface area contributed by atoms with Gasteiger partial charge in [-0.1, -0.05) is 18.2 Å². The second-order valence-corrected chi connectivity index (χ2v) is 4.32. The molecule has 2 atom stereocenters. The highest BCUT2D eigenvalue weighted by molar-refractivity contribution is 5.45. The quantitative estimate of drug-likeness (QED) is 0.752. The summed E-state index contributed by atoms with van der Waals surface area (Å²) in [4.78, 5) is 0. The summed E-state index contributed by atoms with van der Waals surface area (Å²) in [7, 11) is 0. The number of para-hydroxylation sites is 1. The molecule has 1 aliphatic carbocycles. The van der Waals surface area contributed by atoms with Crippen LogP contribution in [0.5, 0.6) is 0 Å². The molecule has 0 saturated heterocycles. The van der Waals surface area contributed by atoms with Crippen LogP contribution in [0.1, 0.15) is 26.2 Å². The van der Waals surface area contributed by atoms with Crippen LogP contribution in [0.15, 0.2) is 30.3 Å². The highest BCUT2D eigenvalue weighted by Gasteiger charge is 2.37. The molecule has 1 aromatic rings. The van der Waals surface area contributed by atoms with Crippen LogP contribution in [0.25, 0.3) is 0 Å². The monoisotopic (exact) mass is 191 g/mol. The molecule has 1 fully saturated rings. The van der Waals surface area contributed by atoms with Crippen LogP contribution in [0, 0.1) is 0 Å². The number of nitrogens with one attached hydrogen (secondary N) is 1. The number of hydrogen-bond acceptors (Lipinski definition) is 2. The Morgan fingerprint density at radius 1 is 1.36 bits per heavy atom. The maximum absolute atomic E-state index is 9.85. The summed E-state index contributed by atoms with van der Waals surface area (Å²) in [6, 6.07) is 10.1. The molecule has 14 heavy (non-hydrogen) atoms. The molecule has 1 saturated carbocycles. The summed E-state index contributed by atoms with van der Waals surface area (Å²) in [6.07, 6.45) is 2.85. The smallest absolute Gasteiger partial charge is 0.0767 e. The van der Waals surface area contributed by atoms with Crippen molar-refractivity contribution in [3.05, 3.63) is 30.3 Å². The molecule has 1 aliphatic rings. The summed E-state index contributed by atoms with van der Waals surface area (Å²) >= 11 is 0. The second kappa shape index (κ2) is 3.62. The minimum absolute atomic E-state index is 0.138. The summed E-state index contributed by atoms with van der Waals surface area (Å²) in [5.41, 5.74) is 0.956. The van der Waals surface area contributed by atoms with Gasteiger partial charge in [0.15, 0.2) is 0 Å². The lowest BCUT2D eigenvalue weighted by molar-refractivity contribution is 0.131. The Morgan fingerprint density at radius 2 is 2.07 bits per heavy atom. The predicted octanol–water partition coefficient (Wildman–Crippen LogP) is 2.40. The minimum Gasteiger partial charge on any atom is -0.391 e. The van der Waals surface area contributed by atoms with Crippen molar-refractivity contribution in [3.8, 4) is 0 Å². The molecule has 0 radical (unpaired) electrons. The Morgan fingerprint density at radius 3 is 2.64 bits per heavy atom. The van der Waals surface area contributed by atoms with Gasteiger partial charge in [0.2, 0.25) is 0 Å². The fourth-order valence-corrected chi connectivity index (χ4v) is 2.14. The van der Waals surface area contributed by atoms with Crippen LogP contribution >= 0.6 is 0 Å². The third kappa shape index (κ3) is 1.75. The lowest BCUT2D eigenvalue weighted by atomic mass is 9.97. The number of aliphatic hydroxyl groups excluding tert-OH is 1. The molecule has 2 heteroatoms. The average molecular weight is 191 g/mol. The van der Waals surface area contributed by atoms with E-state index in [0.717, 1.165) is 24.9 Å². The predicted molar refractivity (Wildman–Crippen MR) is 58.3 cm³/mol. The van der Waals surface area contributed by atoms with E-state index in [2.05, 4.69) is 12.2 Å². The van der Waals surface area contributed by atoms with Gasteiger partial charge in [0, 0.05) is 5.69 Å². The lowest BCUT2D eigenvalue weighted by Crippen LogP contribution is -2.42. The van der Waals surface area contributed by atoms with Crippen molar-refractivity contribution in [2.24, 2.45) is 0 Å². The van der Waals surface area contributed by atoms with Gasteiger partial charge in [0.05, 0.1) is 11.6 Å². The zero-order valence-electron chi connectivity index (χ0n) is 8.53. The van der Waals surface area contributed by atoms with E-state index in [9.17, 15) is 5.11 Å². The SMILES string of the molecule is C[C@]1(Nc2ccccc2)CCC[C@H]1O. The molecule has 2 rings (SSSR count). The Bertz CT molecular complexity index is 298. The van der Waals surface area contributed by atoms with Crippen molar-refractivity contribution in [1.29, 1.82) is 0 Å². The molecule has 76 valence electrons. The van der Waals surface area contributed by atoms with Crippen LogP contribution in [-0.2, 0) is 0 Å². The molecule has 0 bridgehead atoms. The van der Waals surface area contributed by atoms with Gasteiger partial charge < -0.3 is 10.4 Å². The molecule has 1 aromatic carbocycles. The maximum atomic E-state index is 9.85. The van der Waals surface area contributed by atoms with Crippen molar-refractivity contribution in [2.45, 2.75) is 37.8 Å². The van der Waals surface area contributed by atoms with E-state index in [0.29, 0.717) is 0 Å². The van der Waals surface area contributed by atoms with Crippen molar-refractivity contribution in [2.75, 3.05) is 5.32 Å². The fraction of sp³-hybridized carbons (Fsp3) is 0.500. The third-order valence-corrected chi connectivity index (χ3v) is 3.11. The van der Waals surface area contributed by atoms with Gasteiger partial charge in [-0.05, 0) is 38.3 Å². The number of anilines is 1. The zero-order chi connectivity index (χ0) is 10.0. The van der Waals surface area contributed by atoms with Crippen molar-refractivity contribution in [1.82, 2.24) is 0 Å². The topological polar surface area (TPSA) is 32.3 Å². The van der Waals surface area contributed by atoms with E-state index >= 15 is 0 Å². The van der Waals surface area contributed by atoms with Gasteiger partial charge in [0.1, 0.15) is 0 Å². The van der Waals surface area contributed by atoms with Gasteiger partial charge in [-0.25, -0.2) is 0 Å². The van der Waals surface area contributed by atoms with Crippen LogP contribution in [0.2, 0.25) is 0 Å². The Labute approximate surface area is 85.0 Å². The maximum Gasteiger partial charge on any atom is 0.0767 e. The Kier molecular flexibility index (Phi) is 2.46. The normalized spacial score (nSPS) is 31.7. The van der Waals surface area contributed by atoms with E-state index in [1.165, 1.54) is 0 Å². The first kappa shape index (κ1) is 9.53. The summed E-state index contributed by atoms with van der Waals surface area (Å²) in [5, 5.41) is 13.3. The molecule has 0 spiro atoms. The number of benzene rings is 1. The zero-order valence-corrected chi connectivity index (χ0v) is 8.53. The molecular weight excluding hydrogens is 174 g/mol. The standard InChI is InChI=1S/C12H17NO/c1-12(9-5-8-11(12)14)13-10-6-3-2-4-7-10/h2-4,6-7,11,13-14H,5,8-9H2,1H3/t11-,12+/m1/s1. The molecule has 0 amide bonds. The number of rotatable bonds is 2. The summed E-state index contributed by atoms with van der Waals surface area (Å²) in [6.45, 7) is 2.09. The van der Waals surface area contributed by atoms with E-state index in [1.807, 2.05) is 30.3 Å². The first-order valence-corrected chi connectivity index (χ1v) is 5.22. The van der Waals surface area contributed by atoms with Crippen LogP contribution in [-0.4, -0.2) is 16.7 Å². The third-order valence-electron chi connectivity index (χ3n) is 3.11. The fourth-order valence-electron chi connectivity index (χ4n) is 2.14. The summed E-state index contributed by atoms with van der Waals surface area (Å²) in [5.74, 6) is 0. The first-order chi connectivity index (χ1) is 6.71. The molecule has 0 aliphatic heterocycles. The highest BCUT2D eigenvalue weighted by Crippen LogP contribution is 2.32. The first-order valence-electron chi connectivity index (χ1n) is 5.22. The van der Waals surface area contributed by atoms with Gasteiger partial charge in [-0.15, -0.1) is 0 Å². The summed E-state index contributed by atoms with van der Waals surface area (Å²) < 4.78 is 0. The molecule has 0 heterocycles. The van der Waals surface area contributed by atoms with Crippen molar-refractivity contribution < 1.29 is 5.11 Å². The lowest BCUT2D eigenvalue weighted by Gasteiger charge is -2.30. The number of hydrogen-bond donors (Lipinski definition) is 2. The average Bonchev–Trinajstić information content (AvgIpc) is 2.48. The largest absolute Gasteiger partial charge is 0.391 e. The second-order valence-electron chi connectivity index (χ2n) is 4.32. The minimum atomic E-state index is -0.220. The molecular formula is C12H17NO. The van der Waals surface area contributed by atoms with Gasteiger partial charge in [-0.3, -0.25) is 0 Å². The molecule has 0 unspecified atom stereocenters. The highest BCUT2D eigenvalue weighted by atomic mass is 16.3. The van der Waals surface area contributed by atoms with Crippen LogP contribution in [0.3, 0.4) is 0 Å². The van der Waals surface area contributed by atoms with Crippen LogP contribution in [0.4, 0.5) is 5.69 Å².